The molecule has 0 amide bonds. The summed E-state index contributed by atoms with van der Waals surface area (Å²) in [6.45, 7) is 3.00. The number of imidazole rings is 1. The number of aromatic nitrogens is 2. The number of benzene rings is 1. The van der Waals surface area contributed by atoms with E-state index in [0.717, 1.165) is 12.2 Å². The van der Waals surface area contributed by atoms with Crippen LogP contribution in [0.25, 0.3) is 0 Å². The van der Waals surface area contributed by atoms with Gasteiger partial charge in [-0.1, -0.05) is 0 Å². The summed E-state index contributed by atoms with van der Waals surface area (Å²) in [7, 11) is 0. The van der Waals surface area contributed by atoms with Crippen LogP contribution in [0.1, 0.15) is 23.0 Å². The molecule has 1 heterocycles. The summed E-state index contributed by atoms with van der Waals surface area (Å²) < 4.78 is 1.89. The number of hydrogen-bond donors (Lipinski definition) is 2. The van der Waals surface area contributed by atoms with Crippen molar-refractivity contribution in [1.29, 1.82) is 0 Å². The molecule has 1 aromatic carbocycles. The van der Waals surface area contributed by atoms with Gasteiger partial charge in [0.2, 0.25) is 0 Å². The van der Waals surface area contributed by atoms with Crippen molar-refractivity contribution in [2.24, 2.45) is 0 Å². The van der Waals surface area contributed by atoms with E-state index in [9.17, 15) is 14.9 Å². The molecule has 0 aliphatic heterocycles. The Kier molecular flexibility index (Phi) is 4.17. The molecule has 110 valence electrons. The molecule has 0 aliphatic carbocycles. The topological polar surface area (TPSA) is 110 Å². The highest BCUT2D eigenvalue weighted by Crippen LogP contribution is 2.26. The number of nitro groups is 1. The van der Waals surface area contributed by atoms with Crippen molar-refractivity contribution in [3.8, 4) is 0 Å². The van der Waals surface area contributed by atoms with E-state index in [1.165, 1.54) is 18.2 Å². The molecule has 2 N–H and O–H groups in total. The summed E-state index contributed by atoms with van der Waals surface area (Å²) >= 11 is 0. The van der Waals surface area contributed by atoms with Gasteiger partial charge in [0, 0.05) is 18.8 Å². The van der Waals surface area contributed by atoms with Gasteiger partial charge in [-0.25, -0.2) is 9.78 Å². The Hall–Kier alpha value is -2.90. The van der Waals surface area contributed by atoms with Crippen molar-refractivity contribution in [3.63, 3.8) is 0 Å². The lowest BCUT2D eigenvalue weighted by Gasteiger charge is -2.09. The van der Waals surface area contributed by atoms with Crippen LogP contribution < -0.4 is 5.32 Å². The number of anilines is 1. The van der Waals surface area contributed by atoms with Gasteiger partial charge in [0.15, 0.2) is 0 Å². The van der Waals surface area contributed by atoms with Crippen LogP contribution in [0.5, 0.6) is 0 Å². The lowest BCUT2D eigenvalue weighted by Crippen LogP contribution is -2.08. The largest absolute Gasteiger partial charge is 0.478 e. The molecule has 0 spiro atoms. The molecular formula is C13H14N4O4. The van der Waals surface area contributed by atoms with Crippen LogP contribution in [0.15, 0.2) is 30.7 Å². The van der Waals surface area contributed by atoms with E-state index >= 15 is 0 Å². The molecule has 0 saturated heterocycles. The number of rotatable bonds is 6. The Balaban J connectivity index is 2.27. The van der Waals surface area contributed by atoms with Crippen LogP contribution in [0.4, 0.5) is 11.4 Å². The van der Waals surface area contributed by atoms with Crippen molar-refractivity contribution >= 4 is 17.3 Å². The SMILES string of the molecule is CCn1cncc1CNc1cc(C(=O)O)ccc1[N+](=O)[O-]. The number of nitrogens with one attached hydrogen (secondary N) is 1. The molecule has 0 atom stereocenters. The van der Waals surface area contributed by atoms with Gasteiger partial charge in [0.05, 0.1) is 29.1 Å². The third-order valence-electron chi connectivity index (χ3n) is 3.04. The highest BCUT2D eigenvalue weighted by atomic mass is 16.6. The average Bonchev–Trinajstić information content (AvgIpc) is 2.91. The summed E-state index contributed by atoms with van der Waals surface area (Å²) in [6.07, 6.45) is 3.32. The molecule has 8 heteroatoms. The van der Waals surface area contributed by atoms with Crippen LogP contribution in [0, 0.1) is 10.1 Å². The van der Waals surface area contributed by atoms with Crippen molar-refractivity contribution < 1.29 is 14.8 Å². The van der Waals surface area contributed by atoms with Crippen LogP contribution in [-0.4, -0.2) is 25.6 Å². The molecule has 2 rings (SSSR count). The van der Waals surface area contributed by atoms with Gasteiger partial charge < -0.3 is 15.0 Å². The van der Waals surface area contributed by atoms with Crippen molar-refractivity contribution in [2.75, 3.05) is 5.32 Å². The molecule has 0 aliphatic rings. The monoisotopic (exact) mass is 290 g/mol. The Bertz CT molecular complexity index is 681. The smallest absolute Gasteiger partial charge is 0.335 e. The summed E-state index contributed by atoms with van der Waals surface area (Å²) in [4.78, 5) is 25.4. The summed E-state index contributed by atoms with van der Waals surface area (Å²) in [5.41, 5.74) is 0.853. The van der Waals surface area contributed by atoms with Gasteiger partial charge in [-0.3, -0.25) is 10.1 Å². The normalized spacial score (nSPS) is 10.3. The first-order valence-electron chi connectivity index (χ1n) is 6.27. The second kappa shape index (κ2) is 6.04. The van der Waals surface area contributed by atoms with Gasteiger partial charge in [-0.15, -0.1) is 0 Å². The number of aromatic carboxylic acids is 1. The molecular weight excluding hydrogens is 276 g/mol. The second-order valence-corrected chi connectivity index (χ2v) is 4.32. The third-order valence-corrected chi connectivity index (χ3v) is 3.04. The molecule has 1 aromatic heterocycles. The zero-order valence-corrected chi connectivity index (χ0v) is 11.3. The average molecular weight is 290 g/mol. The molecule has 0 unspecified atom stereocenters. The Labute approximate surface area is 120 Å². The van der Waals surface area contributed by atoms with Gasteiger partial charge in [0.25, 0.3) is 5.69 Å². The molecule has 0 saturated carbocycles. The van der Waals surface area contributed by atoms with Crippen molar-refractivity contribution in [3.05, 3.63) is 52.1 Å². The van der Waals surface area contributed by atoms with Gasteiger partial charge in [-0.2, -0.15) is 0 Å². The Morgan fingerprint density at radius 1 is 1.52 bits per heavy atom. The second-order valence-electron chi connectivity index (χ2n) is 4.32. The highest BCUT2D eigenvalue weighted by Gasteiger charge is 2.16. The third kappa shape index (κ3) is 3.16. The predicted octanol–water partition coefficient (Wildman–Crippen LogP) is 2.12. The number of nitrogens with zero attached hydrogens (tertiary/aromatic N) is 3. The number of aryl methyl sites for hydroxylation is 1. The minimum absolute atomic E-state index is 0.00732. The number of carboxylic acid groups (broad SMARTS) is 1. The lowest BCUT2D eigenvalue weighted by molar-refractivity contribution is -0.384. The molecule has 8 nitrogen and oxygen atoms in total. The number of carbonyl (C=O) groups is 1. The van der Waals surface area contributed by atoms with E-state index in [-0.39, 0.29) is 16.9 Å². The van der Waals surface area contributed by atoms with Gasteiger partial charge in [0.1, 0.15) is 5.69 Å². The summed E-state index contributed by atoms with van der Waals surface area (Å²) in [5.74, 6) is -1.13. The Morgan fingerprint density at radius 3 is 2.90 bits per heavy atom. The molecule has 0 radical (unpaired) electrons. The number of carboxylic acids is 1. The molecule has 21 heavy (non-hydrogen) atoms. The quantitative estimate of drug-likeness (QED) is 0.622. The van der Waals surface area contributed by atoms with E-state index in [4.69, 9.17) is 5.11 Å². The zero-order chi connectivity index (χ0) is 15.4. The van der Waals surface area contributed by atoms with E-state index in [1.54, 1.807) is 12.5 Å². The minimum atomic E-state index is -1.13. The standard InChI is InChI=1S/C13H14N4O4/c1-2-16-8-14-6-10(16)7-15-11-5-9(13(18)19)3-4-12(11)17(20)21/h3-6,8,15H,2,7H2,1H3,(H,18,19). The van der Waals surface area contributed by atoms with E-state index in [0.29, 0.717) is 6.54 Å². The van der Waals surface area contributed by atoms with Crippen LogP contribution >= 0.6 is 0 Å². The van der Waals surface area contributed by atoms with Crippen molar-refractivity contribution in [2.45, 2.75) is 20.0 Å². The fourth-order valence-electron chi connectivity index (χ4n) is 1.94. The van der Waals surface area contributed by atoms with Crippen molar-refractivity contribution in [1.82, 2.24) is 9.55 Å². The maximum Gasteiger partial charge on any atom is 0.335 e. The molecule has 2 aromatic rings. The minimum Gasteiger partial charge on any atom is -0.478 e. The van der Waals surface area contributed by atoms with Gasteiger partial charge in [-0.05, 0) is 19.1 Å². The van der Waals surface area contributed by atoms with Crippen LogP contribution in [0.3, 0.4) is 0 Å². The van der Waals surface area contributed by atoms with E-state index in [2.05, 4.69) is 10.3 Å². The fourth-order valence-corrected chi connectivity index (χ4v) is 1.94. The predicted molar refractivity (Wildman–Crippen MR) is 75.3 cm³/mol. The first-order valence-corrected chi connectivity index (χ1v) is 6.27. The van der Waals surface area contributed by atoms with E-state index in [1.807, 2.05) is 11.5 Å². The van der Waals surface area contributed by atoms with Gasteiger partial charge >= 0.3 is 5.97 Å². The lowest BCUT2D eigenvalue weighted by atomic mass is 10.1. The number of nitro benzene ring substituents is 1. The van der Waals surface area contributed by atoms with Crippen LogP contribution in [0.2, 0.25) is 0 Å². The molecule has 0 bridgehead atoms. The number of hydrogen-bond acceptors (Lipinski definition) is 5. The maximum absolute atomic E-state index is 11.0. The van der Waals surface area contributed by atoms with E-state index < -0.39 is 10.9 Å². The maximum atomic E-state index is 11.0. The summed E-state index contributed by atoms with van der Waals surface area (Å²) in [5, 5.41) is 22.9. The van der Waals surface area contributed by atoms with Crippen LogP contribution in [-0.2, 0) is 13.1 Å². The Morgan fingerprint density at radius 2 is 2.29 bits per heavy atom. The first-order chi connectivity index (χ1) is 10.0. The first kappa shape index (κ1) is 14.5. The summed E-state index contributed by atoms with van der Waals surface area (Å²) in [6, 6.07) is 3.65. The fraction of sp³-hybridized carbons (Fsp3) is 0.231. The molecule has 0 fully saturated rings. The zero-order valence-electron chi connectivity index (χ0n) is 11.3. The highest BCUT2D eigenvalue weighted by molar-refractivity contribution is 5.90.